The molecule has 1 aliphatic rings. The summed E-state index contributed by atoms with van der Waals surface area (Å²) in [6.45, 7) is 14.8. The van der Waals surface area contributed by atoms with Gasteiger partial charge in [-0.1, -0.05) is 20.8 Å². The average molecular weight is 198 g/mol. The van der Waals surface area contributed by atoms with Gasteiger partial charge in [-0.15, -0.1) is 0 Å². The Kier molecular flexibility index (Phi) is 2.99. The van der Waals surface area contributed by atoms with E-state index in [1.807, 2.05) is 0 Å². The third-order valence-corrected chi connectivity index (χ3v) is 3.35. The molecule has 2 atom stereocenters. The van der Waals surface area contributed by atoms with Crippen LogP contribution in [0.5, 0.6) is 0 Å². The fraction of sp³-hybridized carbons (Fsp3) is 1.00. The standard InChI is InChI=1S/C12H26N2/c1-9(2)14-8-7-12(6,13)10(14)11(3,4)5/h9-10H,7-8,13H2,1-6H3/t10?,12-/m1/s1. The van der Waals surface area contributed by atoms with Crippen molar-refractivity contribution in [2.75, 3.05) is 6.54 Å². The predicted molar refractivity (Wildman–Crippen MR) is 62.3 cm³/mol. The average Bonchev–Trinajstić information content (AvgIpc) is 2.23. The molecule has 1 rings (SSSR count). The van der Waals surface area contributed by atoms with Crippen LogP contribution in [-0.4, -0.2) is 29.1 Å². The molecular weight excluding hydrogens is 172 g/mol. The van der Waals surface area contributed by atoms with Gasteiger partial charge in [-0.3, -0.25) is 4.90 Å². The Hall–Kier alpha value is -0.0800. The molecule has 0 saturated carbocycles. The lowest BCUT2D eigenvalue weighted by atomic mass is 9.76. The summed E-state index contributed by atoms with van der Waals surface area (Å²) < 4.78 is 0. The van der Waals surface area contributed by atoms with Gasteiger partial charge in [-0.2, -0.15) is 0 Å². The summed E-state index contributed by atoms with van der Waals surface area (Å²) in [6, 6.07) is 1.10. The van der Waals surface area contributed by atoms with Crippen LogP contribution in [0.25, 0.3) is 0 Å². The SMILES string of the molecule is CC(C)N1CC[C@@](C)(N)C1C(C)(C)C. The van der Waals surface area contributed by atoms with E-state index in [1.54, 1.807) is 0 Å². The minimum atomic E-state index is -0.0253. The number of rotatable bonds is 1. The largest absolute Gasteiger partial charge is 0.324 e. The van der Waals surface area contributed by atoms with Crippen LogP contribution in [0.2, 0.25) is 0 Å². The van der Waals surface area contributed by atoms with E-state index in [2.05, 4.69) is 46.4 Å². The van der Waals surface area contributed by atoms with Gasteiger partial charge in [0.25, 0.3) is 0 Å². The highest BCUT2D eigenvalue weighted by Gasteiger charge is 2.47. The summed E-state index contributed by atoms with van der Waals surface area (Å²) in [5, 5.41) is 0. The van der Waals surface area contributed by atoms with Crippen LogP contribution in [0.3, 0.4) is 0 Å². The molecule has 14 heavy (non-hydrogen) atoms. The Morgan fingerprint density at radius 3 is 2.14 bits per heavy atom. The lowest BCUT2D eigenvalue weighted by Gasteiger charge is -2.43. The molecule has 2 heteroatoms. The Morgan fingerprint density at radius 1 is 1.36 bits per heavy atom. The summed E-state index contributed by atoms with van der Waals surface area (Å²) in [7, 11) is 0. The molecule has 1 saturated heterocycles. The lowest BCUT2D eigenvalue weighted by molar-refractivity contribution is 0.0788. The Labute approximate surface area is 88.8 Å². The van der Waals surface area contributed by atoms with Gasteiger partial charge in [0.1, 0.15) is 0 Å². The van der Waals surface area contributed by atoms with Gasteiger partial charge in [-0.25, -0.2) is 0 Å². The van der Waals surface area contributed by atoms with Crippen LogP contribution in [0, 0.1) is 5.41 Å². The summed E-state index contributed by atoms with van der Waals surface area (Å²) in [5.74, 6) is 0. The van der Waals surface area contributed by atoms with Crippen molar-refractivity contribution in [1.82, 2.24) is 4.90 Å². The van der Waals surface area contributed by atoms with Crippen molar-refractivity contribution in [3.8, 4) is 0 Å². The van der Waals surface area contributed by atoms with Gasteiger partial charge >= 0.3 is 0 Å². The minimum Gasteiger partial charge on any atom is -0.324 e. The maximum Gasteiger partial charge on any atom is 0.0324 e. The van der Waals surface area contributed by atoms with Crippen LogP contribution in [-0.2, 0) is 0 Å². The van der Waals surface area contributed by atoms with Crippen molar-refractivity contribution in [3.63, 3.8) is 0 Å². The highest BCUT2D eigenvalue weighted by molar-refractivity contribution is 5.06. The molecule has 1 aliphatic heterocycles. The molecule has 0 aromatic rings. The summed E-state index contributed by atoms with van der Waals surface area (Å²) in [4.78, 5) is 2.56. The monoisotopic (exact) mass is 198 g/mol. The highest BCUT2D eigenvalue weighted by atomic mass is 15.2. The van der Waals surface area contributed by atoms with E-state index in [-0.39, 0.29) is 11.0 Å². The number of hydrogen-bond acceptors (Lipinski definition) is 2. The van der Waals surface area contributed by atoms with Crippen LogP contribution < -0.4 is 5.73 Å². The number of nitrogens with zero attached hydrogens (tertiary/aromatic N) is 1. The second kappa shape index (κ2) is 3.49. The van der Waals surface area contributed by atoms with Crippen LogP contribution in [0.4, 0.5) is 0 Å². The van der Waals surface area contributed by atoms with Gasteiger partial charge in [0.15, 0.2) is 0 Å². The fourth-order valence-corrected chi connectivity index (χ4v) is 3.06. The van der Waals surface area contributed by atoms with E-state index in [4.69, 9.17) is 5.73 Å². The topological polar surface area (TPSA) is 29.3 Å². The molecule has 0 bridgehead atoms. The normalized spacial score (nSPS) is 35.6. The van der Waals surface area contributed by atoms with Crippen molar-refractivity contribution in [3.05, 3.63) is 0 Å². The van der Waals surface area contributed by atoms with Crippen molar-refractivity contribution in [1.29, 1.82) is 0 Å². The predicted octanol–water partition coefficient (Wildman–Crippen LogP) is 2.23. The van der Waals surface area contributed by atoms with Crippen LogP contribution >= 0.6 is 0 Å². The van der Waals surface area contributed by atoms with Crippen molar-refractivity contribution < 1.29 is 0 Å². The van der Waals surface area contributed by atoms with Crippen molar-refractivity contribution in [2.24, 2.45) is 11.1 Å². The highest BCUT2D eigenvalue weighted by Crippen LogP contribution is 2.38. The summed E-state index contributed by atoms with van der Waals surface area (Å²) >= 11 is 0. The fourth-order valence-electron chi connectivity index (χ4n) is 3.06. The van der Waals surface area contributed by atoms with Gasteiger partial charge in [-0.05, 0) is 32.6 Å². The van der Waals surface area contributed by atoms with Crippen LogP contribution in [0.1, 0.15) is 48.0 Å². The quantitative estimate of drug-likeness (QED) is 0.700. The van der Waals surface area contributed by atoms with E-state index in [1.165, 1.54) is 0 Å². The van der Waals surface area contributed by atoms with Crippen LogP contribution in [0.15, 0.2) is 0 Å². The molecule has 1 fully saturated rings. The lowest BCUT2D eigenvalue weighted by Crippen LogP contribution is -2.57. The second-order valence-corrected chi connectivity index (χ2v) is 6.36. The molecule has 0 amide bonds. The third-order valence-electron chi connectivity index (χ3n) is 3.35. The maximum absolute atomic E-state index is 6.39. The first-order chi connectivity index (χ1) is 6.16. The number of likely N-dealkylation sites (tertiary alicyclic amines) is 1. The first-order valence-corrected chi connectivity index (χ1v) is 5.71. The van der Waals surface area contributed by atoms with Gasteiger partial charge < -0.3 is 5.73 Å². The zero-order valence-electron chi connectivity index (χ0n) is 10.6. The second-order valence-electron chi connectivity index (χ2n) is 6.36. The molecule has 0 aromatic heterocycles. The van der Waals surface area contributed by atoms with E-state index < -0.39 is 0 Å². The zero-order chi connectivity index (χ0) is 11.1. The molecule has 0 aliphatic carbocycles. The molecule has 1 unspecified atom stereocenters. The Bertz CT molecular complexity index is 201. The van der Waals surface area contributed by atoms with Gasteiger partial charge in [0.2, 0.25) is 0 Å². The first kappa shape index (κ1) is 12.0. The maximum atomic E-state index is 6.39. The van der Waals surface area contributed by atoms with Crippen molar-refractivity contribution in [2.45, 2.75) is 65.6 Å². The molecule has 2 N–H and O–H groups in total. The third kappa shape index (κ3) is 2.12. The zero-order valence-corrected chi connectivity index (χ0v) is 10.6. The molecule has 2 nitrogen and oxygen atoms in total. The van der Waals surface area contributed by atoms with Crippen molar-refractivity contribution >= 4 is 0 Å². The smallest absolute Gasteiger partial charge is 0.0324 e. The first-order valence-electron chi connectivity index (χ1n) is 5.71. The minimum absolute atomic E-state index is 0.0253. The Morgan fingerprint density at radius 2 is 1.86 bits per heavy atom. The molecule has 0 spiro atoms. The van der Waals surface area contributed by atoms with Gasteiger partial charge in [0.05, 0.1) is 0 Å². The molecular formula is C12H26N2. The van der Waals surface area contributed by atoms with E-state index in [0.29, 0.717) is 12.1 Å². The van der Waals surface area contributed by atoms with E-state index >= 15 is 0 Å². The molecule has 84 valence electrons. The molecule has 0 radical (unpaired) electrons. The van der Waals surface area contributed by atoms with E-state index in [0.717, 1.165) is 13.0 Å². The molecule has 1 heterocycles. The Balaban J connectivity index is 2.93. The van der Waals surface area contributed by atoms with E-state index in [9.17, 15) is 0 Å². The molecule has 0 aromatic carbocycles. The summed E-state index contributed by atoms with van der Waals surface area (Å²) in [6.07, 6.45) is 1.12. The summed E-state index contributed by atoms with van der Waals surface area (Å²) in [5.41, 5.74) is 6.64. The number of hydrogen-bond donors (Lipinski definition) is 1. The number of nitrogens with two attached hydrogens (primary N) is 1. The van der Waals surface area contributed by atoms with Gasteiger partial charge in [0, 0.05) is 24.2 Å².